The highest BCUT2D eigenvalue weighted by Gasteiger charge is 2.23. The molecule has 0 N–H and O–H groups in total. The highest BCUT2D eigenvalue weighted by molar-refractivity contribution is 6.14. The van der Waals surface area contributed by atoms with Crippen molar-refractivity contribution < 1.29 is 9.47 Å². The van der Waals surface area contributed by atoms with Gasteiger partial charge in [0.1, 0.15) is 11.5 Å². The van der Waals surface area contributed by atoms with Crippen LogP contribution in [0.1, 0.15) is 26.3 Å². The Hall–Kier alpha value is -2.94. The van der Waals surface area contributed by atoms with E-state index in [9.17, 15) is 0 Å². The molecule has 0 radical (unpaired) electrons. The lowest BCUT2D eigenvalue weighted by Gasteiger charge is -2.21. The first-order valence-electron chi connectivity index (χ1n) is 9.20. The molecule has 0 amide bonds. The lowest BCUT2D eigenvalue weighted by Crippen LogP contribution is -2.11. The minimum atomic E-state index is 0.0272. The van der Waals surface area contributed by atoms with Crippen molar-refractivity contribution in [2.45, 2.75) is 26.2 Å². The maximum Gasteiger partial charge on any atom is 0.128 e. The number of ether oxygens (including phenoxy) is 2. The van der Waals surface area contributed by atoms with Gasteiger partial charge in [-0.15, -0.1) is 0 Å². The van der Waals surface area contributed by atoms with Gasteiger partial charge in [-0.1, -0.05) is 39.0 Å². The molecule has 0 saturated heterocycles. The van der Waals surface area contributed by atoms with Crippen molar-refractivity contribution in [3.63, 3.8) is 0 Å². The van der Waals surface area contributed by atoms with Crippen molar-refractivity contribution in [2.75, 3.05) is 14.2 Å². The number of rotatable bonds is 3. The predicted molar refractivity (Wildman–Crippen MR) is 113 cm³/mol. The third-order valence-electron chi connectivity index (χ3n) is 5.14. The van der Waals surface area contributed by atoms with Gasteiger partial charge in [-0.3, -0.25) is 0 Å². The summed E-state index contributed by atoms with van der Waals surface area (Å²) in [5, 5.41) is 2.42. The third kappa shape index (κ3) is 2.74. The van der Waals surface area contributed by atoms with E-state index in [-0.39, 0.29) is 5.41 Å². The summed E-state index contributed by atoms with van der Waals surface area (Å²) in [6.45, 7) is 6.77. The Balaban J connectivity index is 2.18. The average Bonchev–Trinajstić information content (AvgIpc) is 3.01. The van der Waals surface area contributed by atoms with Gasteiger partial charge in [0.25, 0.3) is 0 Å². The molecule has 4 rings (SSSR count). The minimum absolute atomic E-state index is 0.0272. The van der Waals surface area contributed by atoms with E-state index >= 15 is 0 Å². The molecule has 0 unspecified atom stereocenters. The second-order valence-electron chi connectivity index (χ2n) is 7.84. The van der Waals surface area contributed by atoms with Crippen LogP contribution in [-0.4, -0.2) is 18.8 Å². The maximum absolute atomic E-state index is 5.76. The molecule has 3 nitrogen and oxygen atoms in total. The normalized spacial score (nSPS) is 11.9. The smallest absolute Gasteiger partial charge is 0.128 e. The molecule has 3 heteroatoms. The third-order valence-corrected chi connectivity index (χ3v) is 5.14. The zero-order chi connectivity index (χ0) is 19.2. The Morgan fingerprint density at radius 2 is 1.33 bits per heavy atom. The fourth-order valence-electron chi connectivity index (χ4n) is 3.88. The molecule has 0 atom stereocenters. The van der Waals surface area contributed by atoms with Gasteiger partial charge in [-0.25, -0.2) is 0 Å². The summed E-state index contributed by atoms with van der Waals surface area (Å²) in [7, 11) is 3.43. The highest BCUT2D eigenvalue weighted by Crippen LogP contribution is 2.42. The van der Waals surface area contributed by atoms with Gasteiger partial charge in [0.2, 0.25) is 0 Å². The largest absolute Gasteiger partial charge is 0.497 e. The van der Waals surface area contributed by atoms with Crippen molar-refractivity contribution in [3.05, 3.63) is 66.2 Å². The maximum atomic E-state index is 5.76. The number of nitrogens with zero attached hydrogens (tertiary/aromatic N) is 1. The Morgan fingerprint density at radius 1 is 0.704 bits per heavy atom. The van der Waals surface area contributed by atoms with Gasteiger partial charge in [0.15, 0.2) is 0 Å². The van der Waals surface area contributed by atoms with E-state index in [0.29, 0.717) is 0 Å². The summed E-state index contributed by atoms with van der Waals surface area (Å²) >= 11 is 0. The van der Waals surface area contributed by atoms with E-state index in [1.54, 1.807) is 14.2 Å². The first-order valence-corrected chi connectivity index (χ1v) is 9.20. The number of fused-ring (bicyclic) bond motifs is 3. The zero-order valence-corrected chi connectivity index (χ0v) is 16.5. The van der Waals surface area contributed by atoms with Crippen LogP contribution in [0.15, 0.2) is 60.7 Å². The van der Waals surface area contributed by atoms with Crippen LogP contribution >= 0.6 is 0 Å². The standard InChI is InChI=1S/C24H25NO2/c1-24(2,3)18-8-6-9-19-22(18)23-20(10-7-11-21(23)27-5)25(19)16-12-14-17(26-4)15-13-16/h6-15H,1-5H3. The molecule has 0 fully saturated rings. The van der Waals surface area contributed by atoms with Crippen LogP contribution in [0, 0.1) is 0 Å². The number of hydrogen-bond acceptors (Lipinski definition) is 2. The summed E-state index contributed by atoms with van der Waals surface area (Å²) in [5.41, 5.74) is 4.79. The molecular weight excluding hydrogens is 334 g/mol. The lowest BCUT2D eigenvalue weighted by atomic mass is 9.84. The molecule has 0 aliphatic rings. The van der Waals surface area contributed by atoms with Crippen molar-refractivity contribution in [1.29, 1.82) is 0 Å². The molecular formula is C24H25NO2. The Bertz CT molecular complexity index is 1120. The first-order chi connectivity index (χ1) is 13.0. The Kier molecular flexibility index (Phi) is 4.11. The monoisotopic (exact) mass is 359 g/mol. The van der Waals surface area contributed by atoms with Crippen LogP contribution in [0.5, 0.6) is 11.5 Å². The molecule has 0 spiro atoms. The molecule has 27 heavy (non-hydrogen) atoms. The minimum Gasteiger partial charge on any atom is -0.497 e. The molecule has 0 saturated carbocycles. The molecule has 0 aliphatic carbocycles. The van der Waals surface area contributed by atoms with Crippen LogP contribution in [0.3, 0.4) is 0 Å². The molecule has 4 aromatic rings. The summed E-state index contributed by atoms with van der Waals surface area (Å²) in [4.78, 5) is 0. The predicted octanol–water partition coefficient (Wildman–Crippen LogP) is 6.10. The van der Waals surface area contributed by atoms with Crippen LogP contribution in [0.2, 0.25) is 0 Å². The average molecular weight is 359 g/mol. The summed E-state index contributed by atoms with van der Waals surface area (Å²) < 4.78 is 13.4. The van der Waals surface area contributed by atoms with Gasteiger partial charge in [0, 0.05) is 11.1 Å². The number of benzene rings is 3. The number of methoxy groups -OCH3 is 2. The van der Waals surface area contributed by atoms with Gasteiger partial charge in [0.05, 0.1) is 30.6 Å². The second-order valence-corrected chi connectivity index (χ2v) is 7.84. The fourth-order valence-corrected chi connectivity index (χ4v) is 3.88. The van der Waals surface area contributed by atoms with Gasteiger partial charge in [-0.2, -0.15) is 0 Å². The van der Waals surface area contributed by atoms with Crippen molar-refractivity contribution >= 4 is 21.8 Å². The fraction of sp³-hybridized carbons (Fsp3) is 0.250. The zero-order valence-electron chi connectivity index (χ0n) is 16.5. The first kappa shape index (κ1) is 17.5. The van der Waals surface area contributed by atoms with E-state index in [1.165, 1.54) is 16.5 Å². The summed E-state index contributed by atoms with van der Waals surface area (Å²) in [5.74, 6) is 1.76. The van der Waals surface area contributed by atoms with Crippen LogP contribution < -0.4 is 9.47 Å². The number of hydrogen-bond donors (Lipinski definition) is 0. The molecule has 0 bridgehead atoms. The lowest BCUT2D eigenvalue weighted by molar-refractivity contribution is 0.415. The molecule has 1 aromatic heterocycles. The topological polar surface area (TPSA) is 23.4 Å². The van der Waals surface area contributed by atoms with E-state index in [4.69, 9.17) is 9.47 Å². The van der Waals surface area contributed by atoms with Gasteiger partial charge >= 0.3 is 0 Å². The van der Waals surface area contributed by atoms with E-state index in [1.807, 2.05) is 18.2 Å². The Morgan fingerprint density at radius 3 is 1.93 bits per heavy atom. The van der Waals surface area contributed by atoms with Crippen molar-refractivity contribution in [1.82, 2.24) is 4.57 Å². The van der Waals surface area contributed by atoms with Crippen LogP contribution in [-0.2, 0) is 5.41 Å². The van der Waals surface area contributed by atoms with Gasteiger partial charge < -0.3 is 14.0 Å². The SMILES string of the molecule is COc1ccc(-n2c3cccc(OC)c3c3c(C(C)(C)C)cccc32)cc1. The quantitative estimate of drug-likeness (QED) is 0.441. The van der Waals surface area contributed by atoms with E-state index in [2.05, 4.69) is 67.8 Å². The molecule has 0 aliphatic heterocycles. The highest BCUT2D eigenvalue weighted by atomic mass is 16.5. The molecule has 1 heterocycles. The van der Waals surface area contributed by atoms with E-state index in [0.717, 1.165) is 28.1 Å². The van der Waals surface area contributed by atoms with Crippen molar-refractivity contribution in [3.8, 4) is 17.2 Å². The van der Waals surface area contributed by atoms with Crippen LogP contribution in [0.4, 0.5) is 0 Å². The number of aromatic nitrogens is 1. The molecule has 138 valence electrons. The van der Waals surface area contributed by atoms with Crippen LogP contribution in [0.25, 0.3) is 27.5 Å². The second kappa shape index (κ2) is 6.34. The summed E-state index contributed by atoms with van der Waals surface area (Å²) in [6, 6.07) is 21.0. The Labute approximate surface area is 160 Å². The van der Waals surface area contributed by atoms with Crippen molar-refractivity contribution in [2.24, 2.45) is 0 Å². The van der Waals surface area contributed by atoms with E-state index < -0.39 is 0 Å². The summed E-state index contributed by atoms with van der Waals surface area (Å²) in [6.07, 6.45) is 0. The van der Waals surface area contributed by atoms with Gasteiger partial charge in [-0.05, 0) is 53.4 Å². The molecule has 3 aromatic carbocycles.